The molecule has 0 unspecified atom stereocenters. The second-order valence-corrected chi connectivity index (χ2v) is 4.18. The van der Waals surface area contributed by atoms with Gasteiger partial charge in [0.15, 0.2) is 0 Å². The van der Waals surface area contributed by atoms with E-state index in [-0.39, 0.29) is 6.61 Å². The Morgan fingerprint density at radius 2 is 2.05 bits per heavy atom. The van der Waals surface area contributed by atoms with Crippen LogP contribution in [0, 0.1) is 0 Å². The molecular weight excluding hydrogens is 246 g/mol. The molecule has 0 amide bonds. The summed E-state index contributed by atoms with van der Waals surface area (Å²) in [6.45, 7) is 2.47. The summed E-state index contributed by atoms with van der Waals surface area (Å²) < 4.78 is 10.8. The summed E-state index contributed by atoms with van der Waals surface area (Å²) >= 11 is 0. The van der Waals surface area contributed by atoms with E-state index in [2.05, 4.69) is 5.16 Å². The number of aliphatic hydroxyl groups is 1. The molecule has 0 aliphatic heterocycles. The molecule has 2 N–H and O–H groups in total. The van der Waals surface area contributed by atoms with Crippen LogP contribution in [-0.4, -0.2) is 36.3 Å². The SMILES string of the molecule is COc1ccc(/C(C)=N/O)c(OCCCCCO)c1. The number of ether oxygens (including phenoxy) is 2. The van der Waals surface area contributed by atoms with E-state index in [0.29, 0.717) is 23.8 Å². The van der Waals surface area contributed by atoms with Crippen LogP contribution in [0.1, 0.15) is 31.7 Å². The third-order valence-electron chi connectivity index (χ3n) is 2.79. The van der Waals surface area contributed by atoms with Gasteiger partial charge in [0.25, 0.3) is 0 Å². The second kappa shape index (κ2) is 8.37. The Balaban J connectivity index is 2.72. The average Bonchev–Trinajstić information content (AvgIpc) is 2.46. The zero-order chi connectivity index (χ0) is 14.1. The van der Waals surface area contributed by atoms with Gasteiger partial charge in [-0.3, -0.25) is 0 Å². The zero-order valence-electron chi connectivity index (χ0n) is 11.4. The number of benzene rings is 1. The molecule has 106 valence electrons. The van der Waals surface area contributed by atoms with Crippen molar-refractivity contribution < 1.29 is 19.8 Å². The van der Waals surface area contributed by atoms with Crippen molar-refractivity contribution in [3.8, 4) is 11.5 Å². The molecule has 0 bridgehead atoms. The minimum Gasteiger partial charge on any atom is -0.497 e. The lowest BCUT2D eigenvalue weighted by Gasteiger charge is -2.12. The van der Waals surface area contributed by atoms with Crippen LogP contribution in [0.3, 0.4) is 0 Å². The smallest absolute Gasteiger partial charge is 0.132 e. The van der Waals surface area contributed by atoms with Gasteiger partial charge in [-0.25, -0.2) is 0 Å². The molecule has 1 aromatic carbocycles. The molecule has 1 rings (SSSR count). The Bertz CT molecular complexity index is 418. The van der Waals surface area contributed by atoms with Gasteiger partial charge in [0.05, 0.1) is 19.4 Å². The molecule has 0 atom stereocenters. The van der Waals surface area contributed by atoms with E-state index in [1.54, 1.807) is 32.2 Å². The Hall–Kier alpha value is -1.75. The van der Waals surface area contributed by atoms with Crippen LogP contribution in [0.25, 0.3) is 0 Å². The normalized spacial score (nSPS) is 11.4. The molecule has 0 aromatic heterocycles. The van der Waals surface area contributed by atoms with Gasteiger partial charge in [-0.15, -0.1) is 0 Å². The first-order chi connectivity index (χ1) is 9.22. The summed E-state index contributed by atoms with van der Waals surface area (Å²) in [6, 6.07) is 5.37. The monoisotopic (exact) mass is 267 g/mol. The Morgan fingerprint density at radius 1 is 1.26 bits per heavy atom. The number of unbranched alkanes of at least 4 members (excludes halogenated alkanes) is 2. The highest BCUT2D eigenvalue weighted by molar-refractivity contribution is 6.00. The van der Waals surface area contributed by atoms with Crippen LogP contribution in [0.5, 0.6) is 11.5 Å². The Morgan fingerprint density at radius 3 is 2.68 bits per heavy atom. The van der Waals surface area contributed by atoms with Crippen molar-refractivity contribution in [3.63, 3.8) is 0 Å². The summed E-state index contributed by atoms with van der Waals surface area (Å²) in [5.41, 5.74) is 1.23. The fourth-order valence-electron chi connectivity index (χ4n) is 1.67. The van der Waals surface area contributed by atoms with Crippen molar-refractivity contribution in [2.45, 2.75) is 26.2 Å². The fraction of sp³-hybridized carbons (Fsp3) is 0.500. The Kier molecular flexibility index (Phi) is 6.74. The third-order valence-corrected chi connectivity index (χ3v) is 2.79. The molecule has 0 saturated carbocycles. The maximum atomic E-state index is 8.85. The van der Waals surface area contributed by atoms with Gasteiger partial charge in [0.2, 0.25) is 0 Å². The minimum atomic E-state index is 0.209. The van der Waals surface area contributed by atoms with Crippen LogP contribution in [0.15, 0.2) is 23.4 Å². The van der Waals surface area contributed by atoms with Crippen LogP contribution in [0.4, 0.5) is 0 Å². The van der Waals surface area contributed by atoms with Crippen molar-refractivity contribution in [2.75, 3.05) is 20.3 Å². The van der Waals surface area contributed by atoms with E-state index in [0.717, 1.165) is 24.8 Å². The van der Waals surface area contributed by atoms with Crippen molar-refractivity contribution in [2.24, 2.45) is 5.16 Å². The summed E-state index contributed by atoms with van der Waals surface area (Å²) in [7, 11) is 1.59. The predicted molar refractivity (Wildman–Crippen MR) is 73.4 cm³/mol. The number of rotatable bonds is 8. The number of aliphatic hydroxyl groups excluding tert-OH is 1. The molecule has 5 heteroatoms. The van der Waals surface area contributed by atoms with Crippen LogP contribution in [-0.2, 0) is 0 Å². The summed E-state index contributed by atoms with van der Waals surface area (Å²) in [5.74, 6) is 1.33. The first-order valence-corrected chi connectivity index (χ1v) is 6.33. The molecule has 0 fully saturated rings. The van der Waals surface area contributed by atoms with E-state index < -0.39 is 0 Å². The second-order valence-electron chi connectivity index (χ2n) is 4.18. The number of oxime groups is 1. The fourth-order valence-corrected chi connectivity index (χ4v) is 1.67. The minimum absolute atomic E-state index is 0.209. The van der Waals surface area contributed by atoms with E-state index >= 15 is 0 Å². The van der Waals surface area contributed by atoms with Crippen molar-refractivity contribution in [3.05, 3.63) is 23.8 Å². The summed E-state index contributed by atoms with van der Waals surface area (Å²) in [5, 5.41) is 20.7. The molecule has 0 radical (unpaired) electrons. The van der Waals surface area contributed by atoms with Crippen molar-refractivity contribution in [1.82, 2.24) is 0 Å². The third kappa shape index (κ3) is 4.79. The number of methoxy groups -OCH3 is 1. The van der Waals surface area contributed by atoms with E-state index in [4.69, 9.17) is 19.8 Å². The van der Waals surface area contributed by atoms with Crippen LogP contribution in [0.2, 0.25) is 0 Å². The lowest BCUT2D eigenvalue weighted by Crippen LogP contribution is -2.04. The van der Waals surface area contributed by atoms with Crippen molar-refractivity contribution in [1.29, 1.82) is 0 Å². The molecule has 1 aromatic rings. The summed E-state index contributed by atoms with van der Waals surface area (Å²) in [4.78, 5) is 0. The van der Waals surface area contributed by atoms with Gasteiger partial charge in [-0.05, 0) is 38.3 Å². The van der Waals surface area contributed by atoms with E-state index in [1.165, 1.54) is 0 Å². The maximum Gasteiger partial charge on any atom is 0.132 e. The van der Waals surface area contributed by atoms with Gasteiger partial charge in [0, 0.05) is 18.2 Å². The van der Waals surface area contributed by atoms with Crippen LogP contribution >= 0.6 is 0 Å². The molecule has 19 heavy (non-hydrogen) atoms. The lowest BCUT2D eigenvalue weighted by atomic mass is 10.1. The number of hydrogen-bond acceptors (Lipinski definition) is 5. The average molecular weight is 267 g/mol. The predicted octanol–water partition coefficient (Wildman–Crippen LogP) is 2.43. The zero-order valence-corrected chi connectivity index (χ0v) is 11.4. The molecule has 0 saturated heterocycles. The molecular formula is C14H21NO4. The number of nitrogens with zero attached hydrogens (tertiary/aromatic N) is 1. The largest absolute Gasteiger partial charge is 0.497 e. The van der Waals surface area contributed by atoms with Gasteiger partial charge >= 0.3 is 0 Å². The van der Waals surface area contributed by atoms with Gasteiger partial charge < -0.3 is 19.8 Å². The molecule has 0 heterocycles. The van der Waals surface area contributed by atoms with E-state index in [1.807, 2.05) is 0 Å². The highest BCUT2D eigenvalue weighted by Crippen LogP contribution is 2.25. The molecule has 5 nitrogen and oxygen atoms in total. The van der Waals surface area contributed by atoms with Gasteiger partial charge in [0.1, 0.15) is 11.5 Å². The standard InChI is InChI=1S/C14H21NO4/c1-11(15-17)13-7-6-12(18-2)10-14(13)19-9-5-3-4-8-16/h6-7,10,16-17H,3-5,8-9H2,1-2H3/b15-11+. The lowest BCUT2D eigenvalue weighted by molar-refractivity contribution is 0.265. The Labute approximate surface area is 113 Å². The first-order valence-electron chi connectivity index (χ1n) is 6.33. The van der Waals surface area contributed by atoms with Gasteiger partial charge in [-0.1, -0.05) is 5.16 Å². The molecule has 0 spiro atoms. The van der Waals surface area contributed by atoms with Gasteiger partial charge in [-0.2, -0.15) is 0 Å². The highest BCUT2D eigenvalue weighted by Gasteiger charge is 2.09. The quantitative estimate of drug-likeness (QED) is 0.328. The van der Waals surface area contributed by atoms with Crippen molar-refractivity contribution >= 4 is 5.71 Å². The highest BCUT2D eigenvalue weighted by atomic mass is 16.5. The summed E-state index contributed by atoms with van der Waals surface area (Å²) in [6.07, 6.45) is 2.57. The van der Waals surface area contributed by atoms with E-state index in [9.17, 15) is 0 Å². The number of hydrogen-bond donors (Lipinski definition) is 2. The topological polar surface area (TPSA) is 71.3 Å². The first kappa shape index (κ1) is 15.3. The molecule has 0 aliphatic carbocycles. The van der Waals surface area contributed by atoms with Crippen LogP contribution < -0.4 is 9.47 Å². The maximum absolute atomic E-state index is 8.85. The molecule has 0 aliphatic rings.